The van der Waals surface area contributed by atoms with Gasteiger partial charge < -0.3 is 0 Å². The average molecular weight is 196 g/mol. The first-order valence-corrected chi connectivity index (χ1v) is 5.52. The number of hydrogen-bond donors (Lipinski definition) is 0. The fraction of sp³-hybridized carbons (Fsp3) is 1.00. The molecule has 0 bridgehead atoms. The molecule has 1 aliphatic rings. The van der Waals surface area contributed by atoms with Crippen LogP contribution in [0, 0.1) is 0 Å². The van der Waals surface area contributed by atoms with Gasteiger partial charge >= 0.3 is 0 Å². The molecule has 4 heteroatoms. The van der Waals surface area contributed by atoms with Crippen LogP contribution >= 0.6 is 0 Å². The summed E-state index contributed by atoms with van der Waals surface area (Å²) in [6.45, 7) is 6.29. The first-order chi connectivity index (χ1) is 6.75. The molecule has 2 unspecified atom stereocenters. The van der Waals surface area contributed by atoms with Gasteiger partial charge in [0.2, 0.25) is 0 Å². The highest BCUT2D eigenvalue weighted by Gasteiger charge is 2.23. The van der Waals surface area contributed by atoms with Gasteiger partial charge in [0.1, 0.15) is 0 Å². The van der Waals surface area contributed by atoms with Gasteiger partial charge in [0.15, 0.2) is 0 Å². The zero-order valence-corrected chi connectivity index (χ0v) is 9.19. The van der Waals surface area contributed by atoms with E-state index >= 15 is 0 Å². The molecular weight excluding hydrogens is 176 g/mol. The molecule has 0 aromatic rings. The maximum atomic E-state index is 8.15. The van der Waals surface area contributed by atoms with Crippen molar-refractivity contribution in [1.82, 2.24) is 4.90 Å². The Hall–Kier alpha value is -0.730. The monoisotopic (exact) mass is 196 g/mol. The minimum atomic E-state index is 0.631. The van der Waals surface area contributed by atoms with Crippen LogP contribution in [0.1, 0.15) is 39.5 Å². The lowest BCUT2D eigenvalue weighted by atomic mass is 9.97. The van der Waals surface area contributed by atoms with E-state index in [4.69, 9.17) is 5.53 Å². The minimum absolute atomic E-state index is 0.631. The van der Waals surface area contributed by atoms with E-state index in [1.54, 1.807) is 0 Å². The lowest BCUT2D eigenvalue weighted by molar-refractivity contribution is 0.103. The SMILES string of the molecule is CC1CCCC(C)N1CCCN=[N+]=[N-]. The van der Waals surface area contributed by atoms with Crippen molar-refractivity contribution in [3.05, 3.63) is 10.4 Å². The van der Waals surface area contributed by atoms with Gasteiger partial charge in [-0.05, 0) is 45.2 Å². The summed E-state index contributed by atoms with van der Waals surface area (Å²) in [5.41, 5.74) is 8.15. The number of rotatable bonds is 4. The Balaban J connectivity index is 2.29. The number of piperidine rings is 1. The van der Waals surface area contributed by atoms with Crippen molar-refractivity contribution in [2.24, 2.45) is 5.11 Å². The van der Waals surface area contributed by atoms with E-state index in [0.29, 0.717) is 18.6 Å². The van der Waals surface area contributed by atoms with Crippen LogP contribution in [-0.4, -0.2) is 30.1 Å². The zero-order valence-electron chi connectivity index (χ0n) is 9.19. The fourth-order valence-electron chi connectivity index (χ4n) is 2.28. The van der Waals surface area contributed by atoms with E-state index in [1.165, 1.54) is 19.3 Å². The van der Waals surface area contributed by atoms with Gasteiger partial charge in [-0.25, -0.2) is 0 Å². The Morgan fingerprint density at radius 1 is 1.36 bits per heavy atom. The largest absolute Gasteiger partial charge is 0.298 e. The summed E-state index contributed by atoms with van der Waals surface area (Å²) in [4.78, 5) is 5.30. The molecule has 80 valence electrons. The van der Waals surface area contributed by atoms with Crippen molar-refractivity contribution >= 4 is 0 Å². The lowest BCUT2D eigenvalue weighted by Crippen LogP contribution is -2.44. The van der Waals surface area contributed by atoms with Gasteiger partial charge in [-0.1, -0.05) is 11.5 Å². The molecule has 0 aromatic heterocycles. The van der Waals surface area contributed by atoms with Crippen molar-refractivity contribution in [2.45, 2.75) is 51.6 Å². The van der Waals surface area contributed by atoms with Gasteiger partial charge in [0.25, 0.3) is 0 Å². The van der Waals surface area contributed by atoms with Crippen LogP contribution in [0.25, 0.3) is 10.4 Å². The molecular formula is C10H20N4. The smallest absolute Gasteiger partial charge is 0.0270 e. The Labute approximate surface area is 85.9 Å². The van der Waals surface area contributed by atoms with Crippen LogP contribution in [0.15, 0.2) is 5.11 Å². The highest BCUT2D eigenvalue weighted by atomic mass is 15.2. The highest BCUT2D eigenvalue weighted by Crippen LogP contribution is 2.22. The second kappa shape index (κ2) is 5.89. The molecule has 1 saturated heterocycles. The summed E-state index contributed by atoms with van der Waals surface area (Å²) in [6, 6.07) is 1.40. The lowest BCUT2D eigenvalue weighted by Gasteiger charge is -2.38. The Morgan fingerprint density at radius 2 is 2.00 bits per heavy atom. The van der Waals surface area contributed by atoms with Crippen LogP contribution in [0.4, 0.5) is 0 Å². The van der Waals surface area contributed by atoms with Crippen molar-refractivity contribution in [2.75, 3.05) is 13.1 Å². The summed E-state index contributed by atoms with van der Waals surface area (Å²) in [5, 5.41) is 3.56. The predicted octanol–water partition coefficient (Wildman–Crippen LogP) is 2.95. The number of nitrogens with zero attached hydrogens (tertiary/aromatic N) is 4. The van der Waals surface area contributed by atoms with E-state index in [1.807, 2.05) is 0 Å². The average Bonchev–Trinajstić information content (AvgIpc) is 2.16. The third kappa shape index (κ3) is 3.20. The summed E-state index contributed by atoms with van der Waals surface area (Å²) in [6.07, 6.45) is 4.96. The summed E-state index contributed by atoms with van der Waals surface area (Å²) in [5.74, 6) is 0. The Bertz CT molecular complexity index is 200. The highest BCUT2D eigenvalue weighted by molar-refractivity contribution is 4.79. The predicted molar refractivity (Wildman–Crippen MR) is 58.1 cm³/mol. The molecule has 1 heterocycles. The topological polar surface area (TPSA) is 52.0 Å². The molecule has 14 heavy (non-hydrogen) atoms. The molecule has 0 aromatic carbocycles. The molecule has 0 N–H and O–H groups in total. The van der Waals surface area contributed by atoms with Crippen molar-refractivity contribution < 1.29 is 0 Å². The summed E-state index contributed by atoms with van der Waals surface area (Å²) < 4.78 is 0. The van der Waals surface area contributed by atoms with Crippen LogP contribution in [0.3, 0.4) is 0 Å². The molecule has 0 amide bonds. The van der Waals surface area contributed by atoms with Crippen molar-refractivity contribution in [3.63, 3.8) is 0 Å². The summed E-state index contributed by atoms with van der Waals surface area (Å²) >= 11 is 0. The molecule has 0 aliphatic carbocycles. The van der Waals surface area contributed by atoms with E-state index < -0.39 is 0 Å². The van der Waals surface area contributed by atoms with Crippen LogP contribution < -0.4 is 0 Å². The van der Waals surface area contributed by atoms with Gasteiger partial charge in [0.05, 0.1) is 0 Å². The van der Waals surface area contributed by atoms with E-state index in [-0.39, 0.29) is 0 Å². The minimum Gasteiger partial charge on any atom is -0.298 e. The molecule has 0 radical (unpaired) electrons. The van der Waals surface area contributed by atoms with Gasteiger partial charge in [-0.15, -0.1) is 0 Å². The second-order valence-corrected chi connectivity index (χ2v) is 4.17. The molecule has 1 rings (SSSR count). The van der Waals surface area contributed by atoms with E-state index in [0.717, 1.165) is 13.0 Å². The van der Waals surface area contributed by atoms with Gasteiger partial charge in [-0.3, -0.25) is 4.90 Å². The molecule has 2 atom stereocenters. The molecule has 1 fully saturated rings. The van der Waals surface area contributed by atoms with Gasteiger partial charge in [0, 0.05) is 23.5 Å². The molecule has 4 nitrogen and oxygen atoms in total. The fourth-order valence-corrected chi connectivity index (χ4v) is 2.28. The first-order valence-electron chi connectivity index (χ1n) is 5.52. The van der Waals surface area contributed by atoms with Crippen LogP contribution in [0.5, 0.6) is 0 Å². The van der Waals surface area contributed by atoms with E-state index in [2.05, 4.69) is 28.8 Å². The van der Waals surface area contributed by atoms with Crippen LogP contribution in [0.2, 0.25) is 0 Å². The molecule has 0 saturated carbocycles. The summed E-state index contributed by atoms with van der Waals surface area (Å²) in [7, 11) is 0. The zero-order chi connectivity index (χ0) is 10.4. The van der Waals surface area contributed by atoms with E-state index in [9.17, 15) is 0 Å². The third-order valence-corrected chi connectivity index (χ3v) is 3.11. The maximum Gasteiger partial charge on any atom is 0.0270 e. The molecule has 0 spiro atoms. The van der Waals surface area contributed by atoms with Crippen molar-refractivity contribution in [1.29, 1.82) is 0 Å². The Morgan fingerprint density at radius 3 is 2.57 bits per heavy atom. The number of hydrogen-bond acceptors (Lipinski definition) is 2. The standard InChI is InChI=1S/C10H20N4/c1-9-5-3-6-10(2)14(9)8-4-7-12-13-11/h9-10H,3-8H2,1-2H3. The second-order valence-electron chi connectivity index (χ2n) is 4.17. The van der Waals surface area contributed by atoms with Crippen molar-refractivity contribution in [3.8, 4) is 0 Å². The van der Waals surface area contributed by atoms with Crippen LogP contribution in [-0.2, 0) is 0 Å². The molecule has 1 aliphatic heterocycles. The van der Waals surface area contributed by atoms with Gasteiger partial charge in [-0.2, -0.15) is 0 Å². The quantitative estimate of drug-likeness (QED) is 0.295. The normalized spacial score (nSPS) is 28.4. The maximum absolute atomic E-state index is 8.15. The Kier molecular flexibility index (Phi) is 4.77. The first kappa shape index (κ1) is 11.3. The number of azide groups is 1. The third-order valence-electron chi connectivity index (χ3n) is 3.11. The number of likely N-dealkylation sites (tertiary alicyclic amines) is 1.